The van der Waals surface area contributed by atoms with Crippen molar-refractivity contribution in [3.8, 4) is 11.5 Å². The first kappa shape index (κ1) is 30.1. The van der Waals surface area contributed by atoms with E-state index >= 15 is 0 Å². The maximum absolute atomic E-state index is 13.0. The number of carbonyl (C=O) groups is 1. The summed E-state index contributed by atoms with van der Waals surface area (Å²) < 4.78 is 60.1. The van der Waals surface area contributed by atoms with Gasteiger partial charge in [0.25, 0.3) is 0 Å². The zero-order valence-electron chi connectivity index (χ0n) is 23.4. The van der Waals surface area contributed by atoms with Crippen LogP contribution in [0.5, 0.6) is 11.5 Å². The van der Waals surface area contributed by atoms with Crippen LogP contribution in [0, 0.1) is 6.92 Å². The lowest BCUT2D eigenvalue weighted by Gasteiger charge is -2.36. The number of aromatic nitrogens is 1. The molecule has 2 aromatic carbocycles. The number of methoxy groups -OCH3 is 1. The number of hydrogen-bond acceptors (Lipinski definition) is 8. The maximum Gasteiger partial charge on any atom is 0.392 e. The Morgan fingerprint density at radius 1 is 1.12 bits per heavy atom. The van der Waals surface area contributed by atoms with Crippen LogP contribution in [0.15, 0.2) is 47.1 Å². The van der Waals surface area contributed by atoms with Crippen molar-refractivity contribution in [3.63, 3.8) is 0 Å². The molecule has 1 fully saturated rings. The lowest BCUT2D eigenvalue weighted by molar-refractivity contribution is -0.139. The van der Waals surface area contributed by atoms with Crippen molar-refractivity contribution in [2.24, 2.45) is 0 Å². The van der Waals surface area contributed by atoms with E-state index in [-0.39, 0.29) is 22.8 Å². The molecule has 1 aliphatic heterocycles. The average Bonchev–Trinajstić information content (AvgIpc) is 3.32. The maximum atomic E-state index is 13.0. The molecule has 0 amide bonds. The summed E-state index contributed by atoms with van der Waals surface area (Å²) >= 11 is 0. The van der Waals surface area contributed by atoms with Crippen LogP contribution in [-0.2, 0) is 9.47 Å². The molecular formula is C30H33F3N2O6. The molecule has 0 saturated carbocycles. The highest BCUT2D eigenvalue weighted by Crippen LogP contribution is 2.48. The molecule has 220 valence electrons. The molecule has 1 N–H and O–H groups in total. The van der Waals surface area contributed by atoms with E-state index in [9.17, 15) is 23.1 Å². The van der Waals surface area contributed by atoms with Crippen LogP contribution in [0.1, 0.15) is 53.6 Å². The molecule has 1 atom stereocenters. The molecule has 4 aromatic rings. The highest BCUT2D eigenvalue weighted by Gasteiger charge is 2.34. The number of esters is 1. The third kappa shape index (κ3) is 6.25. The van der Waals surface area contributed by atoms with Crippen LogP contribution in [0.2, 0.25) is 0 Å². The number of hydrogen-bond donors (Lipinski definition) is 1. The van der Waals surface area contributed by atoms with Crippen LogP contribution in [-0.4, -0.2) is 67.2 Å². The number of rotatable bonds is 7. The van der Waals surface area contributed by atoms with Gasteiger partial charge in [0.1, 0.15) is 28.4 Å². The molecule has 1 saturated heterocycles. The fourth-order valence-corrected chi connectivity index (χ4v) is 5.10. The quantitative estimate of drug-likeness (QED) is 0.248. The number of aryl methyl sites for hydroxylation is 1. The van der Waals surface area contributed by atoms with Crippen molar-refractivity contribution in [1.29, 1.82) is 0 Å². The summed E-state index contributed by atoms with van der Waals surface area (Å²) in [6.07, 6.45) is -2.15. The molecule has 0 aliphatic carbocycles. The van der Waals surface area contributed by atoms with Gasteiger partial charge in [-0.05, 0) is 42.8 Å². The van der Waals surface area contributed by atoms with E-state index in [1.807, 2.05) is 26.0 Å². The molecule has 8 nitrogen and oxygen atoms in total. The monoisotopic (exact) mass is 574 g/mol. The number of aromatic hydroxyl groups is 1. The van der Waals surface area contributed by atoms with Gasteiger partial charge in [-0.1, -0.05) is 13.8 Å². The predicted molar refractivity (Wildman–Crippen MR) is 147 cm³/mol. The zero-order valence-corrected chi connectivity index (χ0v) is 23.4. The third-order valence-corrected chi connectivity index (χ3v) is 6.85. The summed E-state index contributed by atoms with van der Waals surface area (Å²) in [7, 11) is 1.26. The Bertz CT molecular complexity index is 1500. The summed E-state index contributed by atoms with van der Waals surface area (Å²) in [5, 5.41) is 13.0. The summed E-state index contributed by atoms with van der Waals surface area (Å²) in [6, 6.07) is 7.79. The number of alkyl halides is 3. The van der Waals surface area contributed by atoms with Crippen LogP contribution >= 0.6 is 0 Å². The van der Waals surface area contributed by atoms with Gasteiger partial charge in [0, 0.05) is 47.2 Å². The second-order valence-corrected chi connectivity index (χ2v) is 9.24. The Hall–Kier alpha value is -3.83. The SMILES string of the molecule is CC.COC(=O)c1c(C)oc2c1c(C(c1ccncc1)N1CCOCC1)c(O)c1ccc(OCCC(F)(F)F)cc12. The average molecular weight is 575 g/mol. The van der Waals surface area contributed by atoms with Crippen molar-refractivity contribution in [2.75, 3.05) is 40.0 Å². The van der Waals surface area contributed by atoms with Gasteiger partial charge in [-0.2, -0.15) is 13.2 Å². The van der Waals surface area contributed by atoms with Gasteiger partial charge < -0.3 is 23.7 Å². The Morgan fingerprint density at radius 2 is 1.80 bits per heavy atom. The first-order valence-corrected chi connectivity index (χ1v) is 13.4. The van der Waals surface area contributed by atoms with E-state index in [0.29, 0.717) is 53.6 Å². The molecule has 0 bridgehead atoms. The second kappa shape index (κ2) is 12.8. The first-order valence-electron chi connectivity index (χ1n) is 13.4. The number of morpholine rings is 1. The number of fused-ring (bicyclic) bond motifs is 3. The van der Waals surface area contributed by atoms with E-state index in [1.54, 1.807) is 25.4 Å². The number of carbonyl (C=O) groups excluding carboxylic acids is 1. The molecule has 0 radical (unpaired) electrons. The van der Waals surface area contributed by atoms with Gasteiger partial charge in [0.2, 0.25) is 0 Å². The summed E-state index contributed by atoms with van der Waals surface area (Å²) in [5.74, 6) is -0.269. The van der Waals surface area contributed by atoms with Gasteiger partial charge in [0.05, 0.1) is 39.4 Å². The number of ether oxygens (including phenoxy) is 3. The number of phenolic OH excluding ortho intramolecular Hbond substituents is 1. The van der Waals surface area contributed by atoms with Crippen molar-refractivity contribution in [1.82, 2.24) is 9.88 Å². The smallest absolute Gasteiger partial charge is 0.392 e. The van der Waals surface area contributed by atoms with Gasteiger partial charge in [-0.3, -0.25) is 9.88 Å². The standard InChI is InChI=1S/C28H27F3N2O6.C2H6/c1-16-21(27(35)36-2)22-23(24(17-5-8-32-9-6-17)33-10-13-37-14-11-33)25(34)19-4-3-18(15-20(19)26(22)39-16)38-12-7-28(29,30)31;1-2/h3-6,8-9,15,24,34H,7,10-14H2,1-2H3;1-2H3. The fourth-order valence-electron chi connectivity index (χ4n) is 5.10. The zero-order chi connectivity index (χ0) is 29.7. The van der Waals surface area contributed by atoms with Crippen LogP contribution in [0.25, 0.3) is 21.7 Å². The molecule has 0 spiro atoms. The fraction of sp³-hybridized carbons (Fsp3) is 0.400. The lowest BCUT2D eigenvalue weighted by atomic mass is 9.89. The molecule has 1 unspecified atom stereocenters. The highest BCUT2D eigenvalue weighted by molar-refractivity contribution is 6.17. The second-order valence-electron chi connectivity index (χ2n) is 9.24. The summed E-state index contributed by atoms with van der Waals surface area (Å²) in [5.41, 5.74) is 1.75. The summed E-state index contributed by atoms with van der Waals surface area (Å²) in [6.45, 7) is 7.19. The van der Waals surface area contributed by atoms with Gasteiger partial charge in [0.15, 0.2) is 0 Å². The Balaban J connectivity index is 0.00000189. The van der Waals surface area contributed by atoms with E-state index in [2.05, 4.69) is 9.88 Å². The van der Waals surface area contributed by atoms with E-state index in [1.165, 1.54) is 19.2 Å². The predicted octanol–water partition coefficient (Wildman–Crippen LogP) is 6.56. The molecule has 2 aromatic heterocycles. The van der Waals surface area contributed by atoms with Crippen LogP contribution in [0.3, 0.4) is 0 Å². The molecule has 3 heterocycles. The third-order valence-electron chi connectivity index (χ3n) is 6.85. The van der Waals surface area contributed by atoms with Gasteiger partial charge in [-0.25, -0.2) is 4.79 Å². The van der Waals surface area contributed by atoms with Crippen molar-refractivity contribution >= 4 is 27.7 Å². The molecule has 1 aliphatic rings. The Labute approximate surface area is 235 Å². The van der Waals surface area contributed by atoms with Crippen LogP contribution < -0.4 is 4.74 Å². The minimum atomic E-state index is -4.35. The van der Waals surface area contributed by atoms with E-state index in [0.717, 1.165) is 5.56 Å². The lowest BCUT2D eigenvalue weighted by Crippen LogP contribution is -2.39. The number of benzene rings is 2. The number of furan rings is 1. The number of nitrogens with zero attached hydrogens (tertiary/aromatic N) is 2. The topological polar surface area (TPSA) is 94.3 Å². The normalized spacial score (nSPS) is 14.9. The largest absolute Gasteiger partial charge is 0.507 e. The molecule has 41 heavy (non-hydrogen) atoms. The Morgan fingerprint density at radius 3 is 2.44 bits per heavy atom. The van der Waals surface area contributed by atoms with Crippen molar-refractivity contribution in [2.45, 2.75) is 39.4 Å². The number of halogens is 3. The van der Waals surface area contributed by atoms with Gasteiger partial charge >= 0.3 is 12.1 Å². The molecular weight excluding hydrogens is 541 g/mol. The number of pyridine rings is 1. The highest BCUT2D eigenvalue weighted by atomic mass is 19.4. The summed E-state index contributed by atoms with van der Waals surface area (Å²) in [4.78, 5) is 19.3. The van der Waals surface area contributed by atoms with Gasteiger partial charge in [-0.15, -0.1) is 0 Å². The Kier molecular flexibility index (Phi) is 9.39. The van der Waals surface area contributed by atoms with Crippen LogP contribution in [0.4, 0.5) is 13.2 Å². The minimum absolute atomic E-state index is 0.0846. The molecule has 11 heteroatoms. The number of phenols is 1. The first-order chi connectivity index (χ1) is 19.7. The van der Waals surface area contributed by atoms with Crippen molar-refractivity contribution < 1.29 is 41.7 Å². The van der Waals surface area contributed by atoms with E-state index in [4.69, 9.17) is 18.6 Å². The minimum Gasteiger partial charge on any atom is -0.507 e. The molecule has 5 rings (SSSR count). The van der Waals surface area contributed by atoms with Crippen molar-refractivity contribution in [3.05, 3.63) is 65.2 Å². The van der Waals surface area contributed by atoms with E-state index < -0.39 is 31.2 Å².